The first-order chi connectivity index (χ1) is 8.66. The largest absolute Gasteiger partial charge is 0.480 e. The van der Waals surface area contributed by atoms with E-state index in [2.05, 4.69) is 4.74 Å². The second kappa shape index (κ2) is 5.43. The third-order valence-electron chi connectivity index (χ3n) is 2.36. The number of alkyl halides is 3. The number of carboxylic acid groups (broad SMARTS) is 1. The van der Waals surface area contributed by atoms with Crippen molar-refractivity contribution < 1.29 is 37.4 Å². The molecule has 10 heteroatoms. The number of carbonyl (C=O) groups excluding carboxylic acids is 2. The minimum atomic E-state index is -4.58. The number of aliphatic carboxylic acids is 1. The van der Waals surface area contributed by atoms with Crippen LogP contribution in [0.2, 0.25) is 0 Å². The summed E-state index contributed by atoms with van der Waals surface area (Å²) in [5.74, 6) is -2.34. The number of carbonyl (C=O) groups is 3. The minimum absolute atomic E-state index is 0.242. The molecule has 0 bridgehead atoms. The molecule has 0 unspecified atom stereocenters. The van der Waals surface area contributed by atoms with E-state index in [1.54, 1.807) is 10.6 Å². The van der Waals surface area contributed by atoms with E-state index in [9.17, 15) is 27.6 Å². The van der Waals surface area contributed by atoms with Crippen LogP contribution in [0.3, 0.4) is 0 Å². The van der Waals surface area contributed by atoms with Crippen LogP contribution in [0.25, 0.3) is 0 Å². The number of hydrogen-bond donors (Lipinski definition) is 3. The molecular weight excluding hydrogens is 273 g/mol. The molecule has 1 saturated carbocycles. The number of carboxylic acids is 1. The van der Waals surface area contributed by atoms with Crippen molar-refractivity contribution in [1.82, 2.24) is 10.6 Å². The van der Waals surface area contributed by atoms with Gasteiger partial charge in [-0.05, 0) is 12.8 Å². The fourth-order valence-electron chi connectivity index (χ4n) is 1.25. The molecule has 0 aromatic carbocycles. The zero-order valence-corrected chi connectivity index (χ0v) is 9.54. The number of hydrogen-bond acceptors (Lipinski definition) is 4. The van der Waals surface area contributed by atoms with Crippen molar-refractivity contribution in [2.45, 2.75) is 24.6 Å². The summed E-state index contributed by atoms with van der Waals surface area (Å²) in [5.41, 5.74) is -2.26. The van der Waals surface area contributed by atoms with E-state index < -0.39 is 42.8 Å². The quantitative estimate of drug-likeness (QED) is 0.659. The van der Waals surface area contributed by atoms with Crippen LogP contribution in [0.1, 0.15) is 12.8 Å². The lowest BCUT2D eigenvalue weighted by Gasteiger charge is -2.20. The van der Waals surface area contributed by atoms with Gasteiger partial charge in [0.15, 0.2) is 0 Å². The first-order valence-electron chi connectivity index (χ1n) is 5.14. The molecule has 0 aliphatic heterocycles. The summed E-state index contributed by atoms with van der Waals surface area (Å²) >= 11 is 0. The van der Waals surface area contributed by atoms with E-state index in [1.807, 2.05) is 0 Å². The lowest BCUT2D eigenvalue weighted by molar-refractivity contribution is -0.163. The van der Waals surface area contributed by atoms with Crippen LogP contribution in [0, 0.1) is 0 Å². The molecule has 0 heterocycles. The summed E-state index contributed by atoms with van der Waals surface area (Å²) in [6.07, 6.45) is -5.06. The van der Waals surface area contributed by atoms with Gasteiger partial charge in [0.1, 0.15) is 18.8 Å². The topological polar surface area (TPSA) is 105 Å². The van der Waals surface area contributed by atoms with Crippen LogP contribution in [0.5, 0.6) is 0 Å². The van der Waals surface area contributed by atoms with Crippen LogP contribution in [-0.4, -0.2) is 47.9 Å². The molecule has 3 amide bonds. The molecule has 1 aliphatic carbocycles. The Morgan fingerprint density at radius 1 is 1.21 bits per heavy atom. The van der Waals surface area contributed by atoms with Gasteiger partial charge in [-0.2, -0.15) is 13.2 Å². The van der Waals surface area contributed by atoms with E-state index >= 15 is 0 Å². The molecular formula is C9H11F3N2O5. The molecule has 0 atom stereocenters. The summed E-state index contributed by atoms with van der Waals surface area (Å²) in [6.45, 7) is -1.49. The fourth-order valence-corrected chi connectivity index (χ4v) is 1.25. The number of nitrogens with one attached hydrogen (secondary N) is 2. The second-order valence-electron chi connectivity index (χ2n) is 3.97. The monoisotopic (exact) mass is 284 g/mol. The molecule has 19 heavy (non-hydrogen) atoms. The van der Waals surface area contributed by atoms with E-state index in [0.717, 1.165) is 0 Å². The lowest BCUT2D eigenvalue weighted by Crippen LogP contribution is -2.53. The first-order valence-corrected chi connectivity index (χ1v) is 5.14. The maximum absolute atomic E-state index is 12.5. The number of halogens is 3. The summed E-state index contributed by atoms with van der Waals surface area (Å²) in [4.78, 5) is 32.2. The van der Waals surface area contributed by atoms with Crippen molar-refractivity contribution in [2.24, 2.45) is 0 Å². The van der Waals surface area contributed by atoms with E-state index in [1.165, 1.54) is 0 Å². The second-order valence-corrected chi connectivity index (χ2v) is 3.97. The molecule has 1 aliphatic rings. The highest BCUT2D eigenvalue weighted by molar-refractivity contribution is 5.95. The number of urea groups is 1. The number of ether oxygens (including phenoxy) is 1. The Labute approximate surface area is 105 Å². The van der Waals surface area contributed by atoms with Crippen molar-refractivity contribution in [1.29, 1.82) is 0 Å². The lowest BCUT2D eigenvalue weighted by atomic mass is 10.2. The summed E-state index contributed by atoms with van der Waals surface area (Å²) in [5, 5.41) is 11.5. The van der Waals surface area contributed by atoms with Crippen molar-refractivity contribution in [3.05, 3.63) is 0 Å². The number of imide groups is 1. The van der Waals surface area contributed by atoms with Gasteiger partial charge in [-0.1, -0.05) is 0 Å². The first kappa shape index (κ1) is 15.2. The standard InChI is InChI=1S/C9H11F3N2O5/c10-9(11,12)8(1-2-8)14-7(18)13-5(15)3-19-4-6(16)17/h1-4H2,(H,16,17)(H2,13,14,15,18). The molecule has 1 rings (SSSR count). The molecule has 7 nitrogen and oxygen atoms in total. The molecule has 0 radical (unpaired) electrons. The molecule has 0 aromatic heterocycles. The minimum Gasteiger partial charge on any atom is -0.480 e. The average Bonchev–Trinajstić information content (AvgIpc) is 2.96. The van der Waals surface area contributed by atoms with Crippen LogP contribution in [0.4, 0.5) is 18.0 Å². The van der Waals surface area contributed by atoms with Crippen molar-refractivity contribution >= 4 is 17.9 Å². The highest BCUT2D eigenvalue weighted by Crippen LogP contribution is 2.48. The normalized spacial score (nSPS) is 16.6. The van der Waals surface area contributed by atoms with Crippen molar-refractivity contribution in [3.8, 4) is 0 Å². The number of rotatable bonds is 5. The molecule has 0 spiro atoms. The Balaban J connectivity index is 2.32. The van der Waals surface area contributed by atoms with Gasteiger partial charge in [0, 0.05) is 0 Å². The SMILES string of the molecule is O=C(O)COCC(=O)NC(=O)NC1(C(F)(F)F)CC1. The predicted molar refractivity (Wildman–Crippen MR) is 53.1 cm³/mol. The van der Waals surface area contributed by atoms with Crippen LogP contribution in [0.15, 0.2) is 0 Å². The molecule has 3 N–H and O–H groups in total. The smallest absolute Gasteiger partial charge is 0.411 e. The van der Waals surface area contributed by atoms with Crippen molar-refractivity contribution in [3.63, 3.8) is 0 Å². The van der Waals surface area contributed by atoms with Gasteiger partial charge in [0.25, 0.3) is 5.91 Å². The van der Waals surface area contributed by atoms with Gasteiger partial charge in [0.05, 0.1) is 0 Å². The summed E-state index contributed by atoms with van der Waals surface area (Å²) < 4.78 is 41.8. The highest BCUT2D eigenvalue weighted by atomic mass is 19.4. The maximum atomic E-state index is 12.5. The van der Waals surface area contributed by atoms with Crippen molar-refractivity contribution in [2.75, 3.05) is 13.2 Å². The third kappa shape index (κ3) is 4.39. The Hall–Kier alpha value is -1.84. The summed E-state index contributed by atoms with van der Waals surface area (Å²) in [7, 11) is 0. The third-order valence-corrected chi connectivity index (χ3v) is 2.36. The fraction of sp³-hybridized carbons (Fsp3) is 0.667. The van der Waals surface area contributed by atoms with E-state index in [0.29, 0.717) is 0 Å². The van der Waals surface area contributed by atoms with Gasteiger partial charge < -0.3 is 15.2 Å². The Morgan fingerprint density at radius 2 is 1.79 bits per heavy atom. The Kier molecular flexibility index (Phi) is 4.35. The zero-order valence-electron chi connectivity index (χ0n) is 9.54. The predicted octanol–water partition coefficient (Wildman–Crippen LogP) is 0.00830. The van der Waals surface area contributed by atoms with E-state index in [4.69, 9.17) is 5.11 Å². The Bertz CT molecular complexity index is 392. The highest BCUT2D eigenvalue weighted by Gasteiger charge is 2.64. The van der Waals surface area contributed by atoms with Gasteiger partial charge in [-0.3, -0.25) is 10.1 Å². The molecule has 108 valence electrons. The van der Waals surface area contributed by atoms with Crippen LogP contribution in [-0.2, 0) is 14.3 Å². The molecule has 0 saturated heterocycles. The van der Waals surface area contributed by atoms with Gasteiger partial charge in [-0.25, -0.2) is 9.59 Å². The zero-order chi connectivity index (χ0) is 14.7. The molecule has 1 fully saturated rings. The van der Waals surface area contributed by atoms with E-state index in [-0.39, 0.29) is 12.8 Å². The maximum Gasteiger partial charge on any atom is 0.411 e. The van der Waals surface area contributed by atoms with Gasteiger partial charge in [0.2, 0.25) is 0 Å². The van der Waals surface area contributed by atoms with Crippen LogP contribution >= 0.6 is 0 Å². The summed E-state index contributed by atoms with van der Waals surface area (Å²) in [6, 6.07) is -1.29. The molecule has 0 aromatic rings. The number of amides is 3. The average molecular weight is 284 g/mol. The van der Waals surface area contributed by atoms with Crippen LogP contribution < -0.4 is 10.6 Å². The van der Waals surface area contributed by atoms with Gasteiger partial charge in [-0.15, -0.1) is 0 Å². The Morgan fingerprint density at radius 3 is 2.21 bits per heavy atom. The van der Waals surface area contributed by atoms with Gasteiger partial charge >= 0.3 is 18.2 Å².